The molecule has 120 valence electrons. The van der Waals surface area contributed by atoms with Crippen molar-refractivity contribution in [2.75, 3.05) is 4.72 Å². The average Bonchev–Trinajstić information content (AvgIpc) is 3.16. The van der Waals surface area contributed by atoms with Gasteiger partial charge < -0.3 is 4.52 Å². The number of sulfonamides is 1. The standard InChI is InChI=1S/C15H15N3O3S2/c1-3-11-4-6-13(7-5-11)18-23(19,20)14-8-12(9-22-14)15-16-10(2)21-17-15/h4-9,18H,3H2,1-2H3. The highest BCUT2D eigenvalue weighted by atomic mass is 32.2. The monoisotopic (exact) mass is 349 g/mol. The molecule has 3 aromatic rings. The summed E-state index contributed by atoms with van der Waals surface area (Å²) in [5.74, 6) is 0.817. The first-order valence-corrected chi connectivity index (χ1v) is 9.35. The zero-order chi connectivity index (χ0) is 16.4. The van der Waals surface area contributed by atoms with Gasteiger partial charge in [0.2, 0.25) is 11.7 Å². The lowest BCUT2D eigenvalue weighted by Gasteiger charge is -2.06. The Hall–Kier alpha value is -2.19. The number of benzene rings is 1. The molecule has 6 nitrogen and oxygen atoms in total. The fraction of sp³-hybridized carbons (Fsp3) is 0.200. The maximum absolute atomic E-state index is 12.4. The first-order valence-electron chi connectivity index (χ1n) is 6.99. The summed E-state index contributed by atoms with van der Waals surface area (Å²) in [6, 6.07) is 8.86. The van der Waals surface area contributed by atoms with E-state index in [1.807, 2.05) is 19.1 Å². The number of aryl methyl sites for hydroxylation is 2. The molecule has 2 heterocycles. The van der Waals surface area contributed by atoms with Crippen LogP contribution in [0.15, 0.2) is 44.4 Å². The number of rotatable bonds is 5. The van der Waals surface area contributed by atoms with Crippen LogP contribution in [0, 0.1) is 6.92 Å². The summed E-state index contributed by atoms with van der Waals surface area (Å²) < 4.78 is 32.6. The first-order chi connectivity index (χ1) is 11.0. The van der Waals surface area contributed by atoms with Gasteiger partial charge >= 0.3 is 0 Å². The minimum Gasteiger partial charge on any atom is -0.339 e. The number of nitrogens with zero attached hydrogens (tertiary/aromatic N) is 2. The molecule has 0 aliphatic carbocycles. The summed E-state index contributed by atoms with van der Waals surface area (Å²) in [6.07, 6.45) is 0.908. The van der Waals surface area contributed by atoms with Crippen LogP contribution in [0.5, 0.6) is 0 Å². The molecule has 1 aromatic carbocycles. The fourth-order valence-electron chi connectivity index (χ4n) is 2.01. The van der Waals surface area contributed by atoms with Gasteiger partial charge in [0.1, 0.15) is 4.21 Å². The van der Waals surface area contributed by atoms with Crippen LogP contribution in [0.3, 0.4) is 0 Å². The van der Waals surface area contributed by atoms with E-state index in [1.165, 1.54) is 6.07 Å². The maximum Gasteiger partial charge on any atom is 0.271 e. The smallest absolute Gasteiger partial charge is 0.271 e. The second-order valence-electron chi connectivity index (χ2n) is 4.95. The molecule has 0 atom stereocenters. The highest BCUT2D eigenvalue weighted by Gasteiger charge is 2.19. The van der Waals surface area contributed by atoms with E-state index in [0.29, 0.717) is 23.0 Å². The van der Waals surface area contributed by atoms with E-state index >= 15 is 0 Å². The molecule has 0 amide bonds. The van der Waals surface area contributed by atoms with Gasteiger partial charge in [0.05, 0.1) is 0 Å². The molecule has 3 rings (SSSR count). The van der Waals surface area contributed by atoms with Crippen molar-refractivity contribution < 1.29 is 12.9 Å². The lowest BCUT2D eigenvalue weighted by atomic mass is 10.2. The lowest BCUT2D eigenvalue weighted by Crippen LogP contribution is -2.11. The maximum atomic E-state index is 12.4. The van der Waals surface area contributed by atoms with Gasteiger partial charge in [-0.2, -0.15) is 4.98 Å². The molecule has 23 heavy (non-hydrogen) atoms. The average molecular weight is 349 g/mol. The van der Waals surface area contributed by atoms with Crippen LogP contribution < -0.4 is 4.72 Å². The third-order valence-electron chi connectivity index (χ3n) is 3.24. The number of hydrogen-bond donors (Lipinski definition) is 1. The Kier molecular flexibility index (Phi) is 4.18. The first kappa shape index (κ1) is 15.7. The van der Waals surface area contributed by atoms with Gasteiger partial charge in [-0.25, -0.2) is 8.42 Å². The van der Waals surface area contributed by atoms with Crippen LogP contribution >= 0.6 is 11.3 Å². The highest BCUT2D eigenvalue weighted by Crippen LogP contribution is 2.28. The number of anilines is 1. The van der Waals surface area contributed by atoms with Gasteiger partial charge in [-0.1, -0.05) is 24.2 Å². The molecule has 8 heteroatoms. The number of aromatic nitrogens is 2. The number of thiophene rings is 1. The van der Waals surface area contributed by atoms with Gasteiger partial charge in [0.15, 0.2) is 0 Å². The zero-order valence-electron chi connectivity index (χ0n) is 12.6. The molecule has 0 bridgehead atoms. The Balaban J connectivity index is 1.83. The van der Waals surface area contributed by atoms with E-state index in [0.717, 1.165) is 23.3 Å². The van der Waals surface area contributed by atoms with Crippen molar-refractivity contribution in [3.63, 3.8) is 0 Å². The SMILES string of the molecule is CCc1ccc(NS(=O)(=O)c2cc(-c3noc(C)n3)cs2)cc1. The topological polar surface area (TPSA) is 85.1 Å². The van der Waals surface area contributed by atoms with E-state index in [4.69, 9.17) is 4.52 Å². The molecule has 0 aliphatic rings. The van der Waals surface area contributed by atoms with Crippen LogP contribution in [-0.2, 0) is 16.4 Å². The lowest BCUT2D eigenvalue weighted by molar-refractivity contribution is 0.394. The predicted molar refractivity (Wildman–Crippen MR) is 89.0 cm³/mol. The van der Waals surface area contributed by atoms with Crippen LogP contribution in [0.25, 0.3) is 11.4 Å². The third-order valence-corrected chi connectivity index (χ3v) is 6.06. The largest absolute Gasteiger partial charge is 0.339 e. The summed E-state index contributed by atoms with van der Waals surface area (Å²) >= 11 is 1.12. The molecular weight excluding hydrogens is 334 g/mol. The minimum absolute atomic E-state index is 0.203. The predicted octanol–water partition coefficient (Wildman–Crippen LogP) is 3.47. The molecular formula is C15H15N3O3S2. The minimum atomic E-state index is -3.63. The van der Waals surface area contributed by atoms with Crippen molar-refractivity contribution in [3.8, 4) is 11.4 Å². The van der Waals surface area contributed by atoms with Gasteiger partial charge in [-0.15, -0.1) is 11.3 Å². The molecule has 1 N–H and O–H groups in total. The number of nitrogens with one attached hydrogen (secondary N) is 1. The van der Waals surface area contributed by atoms with E-state index < -0.39 is 10.0 Å². The summed E-state index contributed by atoms with van der Waals surface area (Å²) in [5, 5.41) is 5.48. The molecule has 0 aliphatic heterocycles. The Morgan fingerprint density at radius 3 is 2.61 bits per heavy atom. The van der Waals surface area contributed by atoms with E-state index in [2.05, 4.69) is 14.9 Å². The van der Waals surface area contributed by atoms with Gasteiger partial charge in [-0.3, -0.25) is 4.72 Å². The van der Waals surface area contributed by atoms with Crippen LogP contribution in [0.1, 0.15) is 18.4 Å². The zero-order valence-corrected chi connectivity index (χ0v) is 14.2. The Morgan fingerprint density at radius 1 is 1.26 bits per heavy atom. The quantitative estimate of drug-likeness (QED) is 0.762. The second-order valence-corrected chi connectivity index (χ2v) is 7.77. The molecule has 0 saturated carbocycles. The van der Waals surface area contributed by atoms with Gasteiger partial charge in [0, 0.05) is 23.6 Å². The van der Waals surface area contributed by atoms with Crippen molar-refractivity contribution in [3.05, 3.63) is 47.2 Å². The Morgan fingerprint density at radius 2 is 2.00 bits per heavy atom. The summed E-state index contributed by atoms with van der Waals surface area (Å²) in [5.41, 5.74) is 2.31. The van der Waals surface area contributed by atoms with Crippen molar-refractivity contribution in [2.24, 2.45) is 0 Å². The highest BCUT2D eigenvalue weighted by molar-refractivity contribution is 7.94. The van der Waals surface area contributed by atoms with Gasteiger partial charge in [0.25, 0.3) is 10.0 Å². The molecule has 0 spiro atoms. The van der Waals surface area contributed by atoms with Crippen molar-refractivity contribution in [1.29, 1.82) is 0 Å². The van der Waals surface area contributed by atoms with Gasteiger partial charge in [-0.05, 0) is 30.2 Å². The van der Waals surface area contributed by atoms with E-state index in [-0.39, 0.29) is 4.21 Å². The normalized spacial score (nSPS) is 11.6. The summed E-state index contributed by atoms with van der Waals surface area (Å²) in [4.78, 5) is 4.09. The van der Waals surface area contributed by atoms with Crippen molar-refractivity contribution in [2.45, 2.75) is 24.5 Å². The summed E-state index contributed by atoms with van der Waals surface area (Å²) in [6.45, 7) is 3.73. The molecule has 0 fully saturated rings. The van der Waals surface area contributed by atoms with E-state index in [1.54, 1.807) is 24.4 Å². The number of hydrogen-bond acceptors (Lipinski definition) is 6. The molecule has 0 radical (unpaired) electrons. The Labute approximate surface area is 138 Å². The Bertz CT molecular complexity index is 912. The van der Waals surface area contributed by atoms with Crippen LogP contribution in [0.4, 0.5) is 5.69 Å². The van der Waals surface area contributed by atoms with E-state index in [9.17, 15) is 8.42 Å². The molecule has 2 aromatic heterocycles. The fourth-order valence-corrected chi connectivity index (χ4v) is 4.22. The van der Waals surface area contributed by atoms with Crippen LogP contribution in [0.2, 0.25) is 0 Å². The second kappa shape index (κ2) is 6.13. The van der Waals surface area contributed by atoms with Crippen LogP contribution in [-0.4, -0.2) is 18.6 Å². The molecule has 0 unspecified atom stereocenters. The van der Waals surface area contributed by atoms with Crippen molar-refractivity contribution >= 4 is 27.0 Å². The third kappa shape index (κ3) is 3.43. The molecule has 0 saturated heterocycles. The summed E-state index contributed by atoms with van der Waals surface area (Å²) in [7, 11) is -3.63. The van der Waals surface area contributed by atoms with Crippen molar-refractivity contribution in [1.82, 2.24) is 10.1 Å².